The third-order valence-corrected chi connectivity index (χ3v) is 5.15. The molecule has 3 rings (SSSR count). The van der Waals surface area contributed by atoms with E-state index in [4.69, 9.17) is 4.52 Å². The molecule has 3 heterocycles. The first-order chi connectivity index (χ1) is 11.1. The van der Waals surface area contributed by atoms with Crippen LogP contribution in [0.3, 0.4) is 0 Å². The van der Waals surface area contributed by atoms with Gasteiger partial charge in [0.2, 0.25) is 11.8 Å². The van der Waals surface area contributed by atoms with Crippen LogP contribution in [0.25, 0.3) is 0 Å². The van der Waals surface area contributed by atoms with Gasteiger partial charge in [-0.3, -0.25) is 9.59 Å². The van der Waals surface area contributed by atoms with Gasteiger partial charge in [0.05, 0.1) is 11.5 Å². The van der Waals surface area contributed by atoms with Gasteiger partial charge in [-0.05, 0) is 26.2 Å². The van der Waals surface area contributed by atoms with Crippen LogP contribution < -0.4 is 10.6 Å². The number of carbonyl (C=O) groups excluding carboxylic acids is 2. The number of carbonyl (C=O) groups is 2. The van der Waals surface area contributed by atoms with Gasteiger partial charge in [0, 0.05) is 31.2 Å². The van der Waals surface area contributed by atoms with Crippen LogP contribution in [0.1, 0.15) is 25.0 Å². The molecule has 1 aromatic rings. The van der Waals surface area contributed by atoms with Crippen molar-refractivity contribution in [2.24, 2.45) is 0 Å². The lowest BCUT2D eigenvalue weighted by molar-refractivity contribution is -0.128. The summed E-state index contributed by atoms with van der Waals surface area (Å²) in [6.07, 6.45) is 3.41. The molecule has 23 heavy (non-hydrogen) atoms. The van der Waals surface area contributed by atoms with Crippen molar-refractivity contribution in [2.75, 3.05) is 29.9 Å². The van der Waals surface area contributed by atoms with Crippen molar-refractivity contribution in [2.45, 2.75) is 38.3 Å². The van der Waals surface area contributed by atoms with Crippen LogP contribution in [0.5, 0.6) is 0 Å². The van der Waals surface area contributed by atoms with E-state index in [1.54, 1.807) is 13.0 Å². The minimum Gasteiger partial charge on any atom is -0.360 e. The van der Waals surface area contributed by atoms with Crippen molar-refractivity contribution in [3.05, 3.63) is 11.8 Å². The first kappa shape index (κ1) is 16.3. The predicted octanol–water partition coefficient (Wildman–Crippen LogP) is 1.01. The van der Waals surface area contributed by atoms with E-state index in [0.717, 1.165) is 25.9 Å². The van der Waals surface area contributed by atoms with Gasteiger partial charge in [-0.1, -0.05) is 5.16 Å². The molecule has 2 N–H and O–H groups in total. The molecule has 2 bridgehead atoms. The minimum absolute atomic E-state index is 0.120. The van der Waals surface area contributed by atoms with Gasteiger partial charge >= 0.3 is 0 Å². The number of hydrogen-bond acceptors (Lipinski definition) is 6. The van der Waals surface area contributed by atoms with E-state index in [9.17, 15) is 9.59 Å². The minimum atomic E-state index is -0.173. The second-order valence-electron chi connectivity index (χ2n) is 6.13. The zero-order chi connectivity index (χ0) is 16.2. The molecule has 8 heteroatoms. The highest BCUT2D eigenvalue weighted by Gasteiger charge is 2.30. The van der Waals surface area contributed by atoms with E-state index in [1.165, 1.54) is 18.2 Å². The van der Waals surface area contributed by atoms with Crippen molar-refractivity contribution in [3.8, 4) is 0 Å². The van der Waals surface area contributed by atoms with Gasteiger partial charge in [-0.25, -0.2) is 0 Å². The summed E-state index contributed by atoms with van der Waals surface area (Å²) in [7, 11) is 0. The van der Waals surface area contributed by atoms with E-state index in [-0.39, 0.29) is 17.6 Å². The molecule has 2 unspecified atom stereocenters. The van der Waals surface area contributed by atoms with Gasteiger partial charge in [0.15, 0.2) is 5.82 Å². The molecule has 2 aliphatic heterocycles. The Morgan fingerprint density at radius 3 is 3.00 bits per heavy atom. The van der Waals surface area contributed by atoms with Crippen LogP contribution in [-0.2, 0) is 9.59 Å². The number of nitrogens with zero attached hydrogens (tertiary/aromatic N) is 2. The fourth-order valence-electron chi connectivity index (χ4n) is 3.10. The molecule has 0 aromatic carbocycles. The summed E-state index contributed by atoms with van der Waals surface area (Å²) in [6, 6.07) is 2.67. The standard InChI is InChI=1S/C15H22N4O3S/c1-10-6-13(18-22-10)17-14(20)8-23-9-15(21)19-5-4-11-2-3-12(7-19)16-11/h6,11-12,16H,2-5,7-9H2,1H3,(H,17,18,20). The number of thioether (sulfide) groups is 1. The summed E-state index contributed by atoms with van der Waals surface area (Å²) in [5, 5.41) is 9.92. The number of amides is 2. The lowest BCUT2D eigenvalue weighted by Crippen LogP contribution is -2.40. The van der Waals surface area contributed by atoms with Crippen molar-refractivity contribution >= 4 is 29.4 Å². The highest BCUT2D eigenvalue weighted by atomic mass is 32.2. The first-order valence-electron chi connectivity index (χ1n) is 7.95. The number of anilines is 1. The summed E-state index contributed by atoms with van der Waals surface area (Å²) in [6.45, 7) is 3.37. The molecule has 0 spiro atoms. The Balaban J connectivity index is 1.38. The van der Waals surface area contributed by atoms with Crippen molar-refractivity contribution in [1.82, 2.24) is 15.4 Å². The fraction of sp³-hybridized carbons (Fsp3) is 0.667. The van der Waals surface area contributed by atoms with Gasteiger partial charge in [0.1, 0.15) is 5.76 Å². The van der Waals surface area contributed by atoms with Crippen LogP contribution in [-0.4, -0.2) is 58.5 Å². The molecule has 1 aromatic heterocycles. The molecule has 2 fully saturated rings. The number of fused-ring (bicyclic) bond motifs is 2. The maximum atomic E-state index is 12.3. The normalized spacial score (nSPS) is 23.6. The SMILES string of the molecule is Cc1cc(NC(=O)CSCC(=O)N2CCC3CCC(C2)N3)no1. The molecular weight excluding hydrogens is 316 g/mol. The summed E-state index contributed by atoms with van der Waals surface area (Å²) >= 11 is 1.33. The van der Waals surface area contributed by atoms with Crippen LogP contribution >= 0.6 is 11.8 Å². The fourth-order valence-corrected chi connectivity index (χ4v) is 3.81. The zero-order valence-corrected chi connectivity index (χ0v) is 14.0. The molecule has 2 amide bonds. The van der Waals surface area contributed by atoms with Crippen molar-refractivity contribution in [3.63, 3.8) is 0 Å². The number of aryl methyl sites for hydroxylation is 1. The van der Waals surface area contributed by atoms with E-state index in [2.05, 4.69) is 15.8 Å². The molecule has 2 atom stereocenters. The average molecular weight is 338 g/mol. The number of nitrogens with one attached hydrogen (secondary N) is 2. The number of aromatic nitrogens is 1. The van der Waals surface area contributed by atoms with Gasteiger partial charge in [-0.2, -0.15) is 0 Å². The Morgan fingerprint density at radius 1 is 1.39 bits per heavy atom. The Hall–Kier alpha value is -1.54. The second-order valence-corrected chi connectivity index (χ2v) is 7.12. The highest BCUT2D eigenvalue weighted by molar-refractivity contribution is 8.00. The quantitative estimate of drug-likeness (QED) is 0.833. The van der Waals surface area contributed by atoms with E-state index >= 15 is 0 Å². The molecule has 2 aliphatic rings. The summed E-state index contributed by atoms with van der Waals surface area (Å²) < 4.78 is 4.89. The zero-order valence-electron chi connectivity index (χ0n) is 13.2. The number of hydrogen-bond donors (Lipinski definition) is 2. The topological polar surface area (TPSA) is 87.5 Å². The van der Waals surface area contributed by atoms with Gasteiger partial charge < -0.3 is 20.1 Å². The smallest absolute Gasteiger partial charge is 0.235 e. The van der Waals surface area contributed by atoms with Gasteiger partial charge in [0.25, 0.3) is 0 Å². The maximum absolute atomic E-state index is 12.3. The number of likely N-dealkylation sites (tertiary alicyclic amines) is 1. The Bertz CT molecular complexity index is 577. The Kier molecular flexibility index (Phi) is 5.22. The molecule has 7 nitrogen and oxygen atoms in total. The lowest BCUT2D eigenvalue weighted by atomic mass is 10.1. The van der Waals surface area contributed by atoms with E-state index in [1.807, 2.05) is 4.90 Å². The van der Waals surface area contributed by atoms with Crippen molar-refractivity contribution in [1.29, 1.82) is 0 Å². The number of rotatable bonds is 5. The average Bonchev–Trinajstić information content (AvgIpc) is 3.04. The summed E-state index contributed by atoms with van der Waals surface area (Å²) in [5.41, 5.74) is 0. The monoisotopic (exact) mass is 338 g/mol. The predicted molar refractivity (Wildman–Crippen MR) is 88.3 cm³/mol. The van der Waals surface area contributed by atoms with Crippen LogP contribution in [0.2, 0.25) is 0 Å². The van der Waals surface area contributed by atoms with Gasteiger partial charge in [-0.15, -0.1) is 11.8 Å². The summed E-state index contributed by atoms with van der Waals surface area (Å²) in [4.78, 5) is 26.0. The van der Waals surface area contributed by atoms with E-state index in [0.29, 0.717) is 29.4 Å². The third-order valence-electron chi connectivity index (χ3n) is 4.23. The highest BCUT2D eigenvalue weighted by Crippen LogP contribution is 2.21. The largest absolute Gasteiger partial charge is 0.360 e. The maximum Gasteiger partial charge on any atom is 0.235 e. The Morgan fingerprint density at radius 2 is 2.22 bits per heavy atom. The first-order valence-corrected chi connectivity index (χ1v) is 9.10. The van der Waals surface area contributed by atoms with Crippen molar-refractivity contribution < 1.29 is 14.1 Å². The van der Waals surface area contributed by atoms with Crippen LogP contribution in [0.15, 0.2) is 10.6 Å². The molecule has 0 radical (unpaired) electrons. The second kappa shape index (κ2) is 7.35. The van der Waals surface area contributed by atoms with Crippen LogP contribution in [0, 0.1) is 6.92 Å². The lowest BCUT2D eigenvalue weighted by Gasteiger charge is -2.24. The molecule has 0 aliphatic carbocycles. The Labute approximate surface area is 139 Å². The molecule has 2 saturated heterocycles. The molecular formula is C15H22N4O3S. The molecule has 0 saturated carbocycles. The van der Waals surface area contributed by atoms with Crippen LogP contribution in [0.4, 0.5) is 5.82 Å². The summed E-state index contributed by atoms with van der Waals surface area (Å²) in [5.74, 6) is 1.57. The molecule has 126 valence electrons. The third kappa shape index (κ3) is 4.48. The van der Waals surface area contributed by atoms with E-state index < -0.39 is 0 Å².